The number of amides is 2. The van der Waals surface area contributed by atoms with Crippen molar-refractivity contribution >= 4 is 11.8 Å². The molecule has 2 aliphatic rings. The molecule has 2 N–H and O–H groups in total. The highest BCUT2D eigenvalue weighted by atomic mass is 16.2. The van der Waals surface area contributed by atoms with Crippen LogP contribution in [0.4, 0.5) is 0 Å². The van der Waals surface area contributed by atoms with E-state index in [9.17, 15) is 9.59 Å². The Morgan fingerprint density at radius 1 is 0.588 bits per heavy atom. The van der Waals surface area contributed by atoms with Crippen LogP contribution in [0.25, 0.3) is 11.1 Å². The minimum absolute atomic E-state index is 0.00998. The van der Waals surface area contributed by atoms with Gasteiger partial charge < -0.3 is 10.6 Å². The van der Waals surface area contributed by atoms with Crippen molar-refractivity contribution in [2.24, 2.45) is 23.7 Å². The second kappa shape index (κ2) is 10.8. The van der Waals surface area contributed by atoms with Gasteiger partial charge in [0.1, 0.15) is 0 Å². The van der Waals surface area contributed by atoms with Crippen molar-refractivity contribution in [2.75, 3.05) is 0 Å². The van der Waals surface area contributed by atoms with E-state index in [0.717, 1.165) is 24.0 Å². The lowest BCUT2D eigenvalue weighted by atomic mass is 9.78. The molecule has 0 saturated heterocycles. The number of hydrogen-bond donors (Lipinski definition) is 2. The summed E-state index contributed by atoms with van der Waals surface area (Å²) in [6, 6.07) is 16.1. The normalized spacial score (nSPS) is 29.3. The Labute approximate surface area is 204 Å². The molecule has 2 fully saturated rings. The highest BCUT2D eigenvalue weighted by Crippen LogP contribution is 2.31. The van der Waals surface area contributed by atoms with Crippen LogP contribution in [0.1, 0.15) is 86.9 Å². The minimum Gasteiger partial charge on any atom is -0.349 e. The largest absolute Gasteiger partial charge is 0.349 e. The fourth-order valence-electron chi connectivity index (χ4n) is 5.70. The Balaban J connectivity index is 1.36. The lowest BCUT2D eigenvalue weighted by Gasteiger charge is -2.34. The molecule has 2 saturated carbocycles. The van der Waals surface area contributed by atoms with Gasteiger partial charge in [-0.15, -0.1) is 0 Å². The van der Waals surface area contributed by atoms with E-state index >= 15 is 0 Å². The van der Waals surface area contributed by atoms with Crippen molar-refractivity contribution in [3.05, 3.63) is 59.7 Å². The summed E-state index contributed by atoms with van der Waals surface area (Å²) in [6.45, 7) is 9.06. The molecule has 34 heavy (non-hydrogen) atoms. The van der Waals surface area contributed by atoms with Crippen LogP contribution >= 0.6 is 0 Å². The van der Waals surface area contributed by atoms with Crippen molar-refractivity contribution in [3.8, 4) is 11.1 Å². The Kier molecular flexibility index (Phi) is 7.75. The summed E-state index contributed by atoms with van der Waals surface area (Å²) in [6.07, 6.45) is 7.00. The molecule has 4 nitrogen and oxygen atoms in total. The Morgan fingerprint density at radius 3 is 1.29 bits per heavy atom. The molecule has 2 aliphatic carbocycles. The maximum Gasteiger partial charge on any atom is 0.251 e. The molecule has 2 amide bonds. The number of hydrogen-bond acceptors (Lipinski definition) is 2. The van der Waals surface area contributed by atoms with Crippen molar-refractivity contribution in [1.82, 2.24) is 10.6 Å². The van der Waals surface area contributed by atoms with E-state index < -0.39 is 0 Å². The van der Waals surface area contributed by atoms with Gasteiger partial charge in [0, 0.05) is 23.2 Å². The summed E-state index contributed by atoms with van der Waals surface area (Å²) in [5.74, 6) is 2.35. The Morgan fingerprint density at radius 2 is 0.941 bits per heavy atom. The number of nitrogens with one attached hydrogen (secondary N) is 2. The summed E-state index contributed by atoms with van der Waals surface area (Å²) in [5, 5.41) is 6.50. The molecule has 2 aromatic carbocycles. The van der Waals surface area contributed by atoms with Gasteiger partial charge in [-0.2, -0.15) is 0 Å². The fourth-order valence-corrected chi connectivity index (χ4v) is 5.70. The van der Waals surface area contributed by atoms with E-state index in [1.807, 2.05) is 48.5 Å². The van der Waals surface area contributed by atoms with Crippen LogP contribution < -0.4 is 10.6 Å². The molecule has 6 unspecified atom stereocenters. The lowest BCUT2D eigenvalue weighted by Crippen LogP contribution is -2.43. The van der Waals surface area contributed by atoms with Crippen molar-refractivity contribution in [2.45, 2.75) is 78.3 Å². The van der Waals surface area contributed by atoms with Crippen molar-refractivity contribution < 1.29 is 9.59 Å². The van der Waals surface area contributed by atoms with Gasteiger partial charge in [-0.25, -0.2) is 0 Å². The van der Waals surface area contributed by atoms with Crippen LogP contribution in [-0.2, 0) is 0 Å². The van der Waals surface area contributed by atoms with E-state index in [2.05, 4.69) is 38.3 Å². The number of benzene rings is 2. The van der Waals surface area contributed by atoms with Crippen molar-refractivity contribution in [3.63, 3.8) is 0 Å². The molecule has 0 aliphatic heterocycles. The van der Waals surface area contributed by atoms with E-state index in [1.165, 1.54) is 25.7 Å². The molecule has 182 valence electrons. The Hall–Kier alpha value is -2.62. The standard InChI is InChI=1S/C30H40N2O2/c1-19-7-5-9-27(21(19)3)31-29(33)25-15-11-23(12-16-25)24-13-17-26(18-14-24)30(34)32-28-10-6-8-20(2)22(28)4/h11-22,27-28H,5-10H2,1-4H3,(H,31,33)(H,32,34). The maximum absolute atomic E-state index is 12.8. The third kappa shape index (κ3) is 5.54. The van der Waals surface area contributed by atoms with Gasteiger partial charge in [-0.05, 0) is 71.9 Å². The predicted octanol–water partition coefficient (Wildman–Crippen LogP) is 6.46. The topological polar surface area (TPSA) is 58.2 Å². The highest BCUT2D eigenvalue weighted by Gasteiger charge is 2.29. The van der Waals surface area contributed by atoms with Crippen LogP contribution in [0.5, 0.6) is 0 Å². The Bertz CT molecular complexity index is 900. The number of rotatable bonds is 5. The SMILES string of the molecule is CC1CCCC(NC(=O)c2ccc(-c3ccc(C(=O)NC4CCCC(C)C4C)cc3)cc2)C1C. The van der Waals surface area contributed by atoms with Gasteiger partial charge in [-0.1, -0.05) is 77.6 Å². The van der Waals surface area contributed by atoms with Crippen LogP contribution in [0.15, 0.2) is 48.5 Å². The van der Waals surface area contributed by atoms with E-state index in [0.29, 0.717) is 34.8 Å². The monoisotopic (exact) mass is 460 g/mol. The van der Waals surface area contributed by atoms with Crippen LogP contribution in [0.2, 0.25) is 0 Å². The molecule has 0 bridgehead atoms. The molecule has 0 radical (unpaired) electrons. The van der Waals surface area contributed by atoms with Crippen LogP contribution in [0.3, 0.4) is 0 Å². The van der Waals surface area contributed by atoms with Crippen molar-refractivity contribution in [1.29, 1.82) is 0 Å². The van der Waals surface area contributed by atoms with E-state index in [1.54, 1.807) is 0 Å². The average Bonchev–Trinajstić information content (AvgIpc) is 2.85. The summed E-state index contributed by atoms with van der Waals surface area (Å²) in [5.41, 5.74) is 3.47. The predicted molar refractivity (Wildman–Crippen MR) is 139 cm³/mol. The maximum atomic E-state index is 12.8. The smallest absolute Gasteiger partial charge is 0.251 e. The molecule has 0 heterocycles. The van der Waals surface area contributed by atoms with Crippen LogP contribution in [-0.4, -0.2) is 23.9 Å². The summed E-state index contributed by atoms with van der Waals surface area (Å²) in [7, 11) is 0. The van der Waals surface area contributed by atoms with Gasteiger partial charge in [0.2, 0.25) is 0 Å². The zero-order chi connectivity index (χ0) is 24.2. The van der Waals surface area contributed by atoms with Gasteiger partial charge in [0.05, 0.1) is 0 Å². The quantitative estimate of drug-likeness (QED) is 0.538. The third-order valence-electron chi connectivity index (χ3n) is 8.67. The molecule has 0 spiro atoms. The molecule has 4 heteroatoms. The zero-order valence-corrected chi connectivity index (χ0v) is 21.1. The lowest BCUT2D eigenvalue weighted by molar-refractivity contribution is 0.0882. The zero-order valence-electron chi connectivity index (χ0n) is 21.1. The average molecular weight is 461 g/mol. The van der Waals surface area contributed by atoms with E-state index in [-0.39, 0.29) is 23.9 Å². The first kappa shape index (κ1) is 24.5. The second-order valence-electron chi connectivity index (χ2n) is 10.8. The fraction of sp³-hybridized carbons (Fsp3) is 0.533. The first-order valence-corrected chi connectivity index (χ1v) is 13.2. The van der Waals surface area contributed by atoms with Gasteiger partial charge in [0.15, 0.2) is 0 Å². The minimum atomic E-state index is 0.00998. The first-order chi connectivity index (χ1) is 16.3. The molecular formula is C30H40N2O2. The second-order valence-corrected chi connectivity index (χ2v) is 10.8. The number of carbonyl (C=O) groups is 2. The van der Waals surface area contributed by atoms with Crippen LogP contribution in [0, 0.1) is 23.7 Å². The molecule has 2 aromatic rings. The molecule has 6 atom stereocenters. The molecular weight excluding hydrogens is 420 g/mol. The third-order valence-corrected chi connectivity index (χ3v) is 8.67. The summed E-state index contributed by atoms with van der Waals surface area (Å²) >= 11 is 0. The first-order valence-electron chi connectivity index (χ1n) is 13.2. The summed E-state index contributed by atoms with van der Waals surface area (Å²) < 4.78 is 0. The highest BCUT2D eigenvalue weighted by molar-refractivity contribution is 5.96. The molecule has 4 rings (SSSR count). The number of carbonyl (C=O) groups excluding carboxylic acids is 2. The summed E-state index contributed by atoms with van der Waals surface area (Å²) in [4.78, 5) is 25.6. The van der Waals surface area contributed by atoms with Gasteiger partial charge in [-0.3, -0.25) is 9.59 Å². The van der Waals surface area contributed by atoms with Gasteiger partial charge in [0.25, 0.3) is 11.8 Å². The van der Waals surface area contributed by atoms with Gasteiger partial charge >= 0.3 is 0 Å². The van der Waals surface area contributed by atoms with E-state index in [4.69, 9.17) is 0 Å². The molecule has 0 aromatic heterocycles.